The number of nitrogens with one attached hydrogen (secondary N) is 1. The number of nitrogens with zero attached hydrogens (tertiary/aromatic N) is 1. The van der Waals surface area contributed by atoms with Crippen LogP contribution >= 0.6 is 22.7 Å². The maximum Gasteiger partial charge on any atom is 0.275 e. The van der Waals surface area contributed by atoms with Crippen molar-refractivity contribution in [3.8, 4) is 9.88 Å². The van der Waals surface area contributed by atoms with Crippen LogP contribution in [0, 0.1) is 13.8 Å². The van der Waals surface area contributed by atoms with Gasteiger partial charge in [-0.05, 0) is 48.6 Å². The molecule has 0 fully saturated rings. The number of hydrogen-bond donors (Lipinski definition) is 1. The van der Waals surface area contributed by atoms with Crippen molar-refractivity contribution in [3.63, 3.8) is 0 Å². The third-order valence-electron chi connectivity index (χ3n) is 3.23. The molecule has 0 bridgehead atoms. The van der Waals surface area contributed by atoms with Gasteiger partial charge in [-0.3, -0.25) is 4.79 Å². The fraction of sp³-hybridized carbons (Fsp3) is 0.125. The van der Waals surface area contributed by atoms with Gasteiger partial charge in [0.2, 0.25) is 0 Å². The lowest BCUT2D eigenvalue weighted by Crippen LogP contribution is -2.12. The Kier molecular flexibility index (Phi) is 3.86. The van der Waals surface area contributed by atoms with Crippen molar-refractivity contribution < 1.29 is 4.79 Å². The van der Waals surface area contributed by atoms with E-state index in [2.05, 4.69) is 17.2 Å². The molecule has 0 atom stereocenters. The minimum atomic E-state index is -0.169. The molecule has 3 nitrogen and oxygen atoms in total. The van der Waals surface area contributed by atoms with Crippen molar-refractivity contribution in [1.82, 2.24) is 4.98 Å². The molecule has 0 unspecified atom stereocenters. The summed E-state index contributed by atoms with van der Waals surface area (Å²) < 4.78 is 0. The van der Waals surface area contributed by atoms with Gasteiger partial charge in [-0.25, -0.2) is 4.98 Å². The van der Waals surface area contributed by atoms with E-state index in [1.807, 2.05) is 42.6 Å². The number of rotatable bonds is 3. The number of aryl methyl sites for hydroxylation is 2. The van der Waals surface area contributed by atoms with Crippen LogP contribution in [-0.2, 0) is 0 Å². The van der Waals surface area contributed by atoms with Crippen molar-refractivity contribution in [2.24, 2.45) is 0 Å². The number of hydrogen-bond acceptors (Lipinski definition) is 4. The van der Waals surface area contributed by atoms with Crippen LogP contribution in [0.5, 0.6) is 0 Å². The monoisotopic (exact) mass is 314 g/mol. The summed E-state index contributed by atoms with van der Waals surface area (Å²) in [6.45, 7) is 4.08. The second-order valence-corrected chi connectivity index (χ2v) is 6.57. The highest BCUT2D eigenvalue weighted by Gasteiger charge is 2.12. The van der Waals surface area contributed by atoms with E-state index in [9.17, 15) is 4.79 Å². The molecule has 0 aliphatic rings. The summed E-state index contributed by atoms with van der Waals surface area (Å²) >= 11 is 3.12. The maximum atomic E-state index is 12.2. The molecule has 0 radical (unpaired) electrons. The van der Waals surface area contributed by atoms with E-state index < -0.39 is 0 Å². The van der Waals surface area contributed by atoms with E-state index in [-0.39, 0.29) is 5.91 Å². The van der Waals surface area contributed by atoms with Crippen LogP contribution in [0.15, 0.2) is 41.1 Å². The largest absolute Gasteiger partial charge is 0.321 e. The van der Waals surface area contributed by atoms with Crippen LogP contribution in [0.25, 0.3) is 9.88 Å². The number of benzene rings is 1. The Hall–Kier alpha value is -1.98. The van der Waals surface area contributed by atoms with Crippen LogP contribution in [0.4, 0.5) is 5.69 Å². The molecule has 0 aliphatic carbocycles. The number of aromatic nitrogens is 1. The second-order valence-electron chi connectivity index (χ2n) is 4.77. The summed E-state index contributed by atoms with van der Waals surface area (Å²) in [5, 5.41) is 7.58. The fourth-order valence-electron chi connectivity index (χ4n) is 1.91. The van der Waals surface area contributed by atoms with Crippen molar-refractivity contribution in [2.75, 3.05) is 5.32 Å². The van der Waals surface area contributed by atoms with E-state index in [0.29, 0.717) is 5.69 Å². The highest BCUT2D eigenvalue weighted by Crippen LogP contribution is 2.28. The van der Waals surface area contributed by atoms with Crippen molar-refractivity contribution >= 4 is 34.3 Å². The van der Waals surface area contributed by atoms with Crippen molar-refractivity contribution in [3.05, 3.63) is 57.9 Å². The van der Waals surface area contributed by atoms with Gasteiger partial charge in [-0.1, -0.05) is 12.1 Å². The van der Waals surface area contributed by atoms with Gasteiger partial charge in [0.25, 0.3) is 5.91 Å². The van der Waals surface area contributed by atoms with E-state index in [0.717, 1.165) is 21.1 Å². The zero-order valence-corrected chi connectivity index (χ0v) is 13.3. The van der Waals surface area contributed by atoms with Crippen molar-refractivity contribution in [2.45, 2.75) is 13.8 Å². The number of carbonyl (C=O) groups is 1. The van der Waals surface area contributed by atoms with Gasteiger partial charge in [0.15, 0.2) is 0 Å². The third kappa shape index (κ3) is 3.04. The average molecular weight is 314 g/mol. The molecular weight excluding hydrogens is 300 g/mol. The molecule has 0 spiro atoms. The lowest BCUT2D eigenvalue weighted by Gasteiger charge is -2.06. The zero-order chi connectivity index (χ0) is 14.8. The first-order valence-corrected chi connectivity index (χ1v) is 8.27. The Bertz CT molecular complexity index is 775. The Morgan fingerprint density at radius 2 is 2.00 bits per heavy atom. The van der Waals surface area contributed by atoms with Crippen LogP contribution in [0.2, 0.25) is 0 Å². The topological polar surface area (TPSA) is 42.0 Å². The number of amides is 1. The molecule has 106 valence electrons. The van der Waals surface area contributed by atoms with E-state index in [1.54, 1.807) is 16.7 Å². The van der Waals surface area contributed by atoms with Crippen LogP contribution in [0.3, 0.4) is 0 Å². The first-order valence-electron chi connectivity index (χ1n) is 6.51. The van der Waals surface area contributed by atoms with Gasteiger partial charge in [0, 0.05) is 11.1 Å². The van der Waals surface area contributed by atoms with Gasteiger partial charge in [0.05, 0.1) is 4.88 Å². The molecule has 0 saturated carbocycles. The quantitative estimate of drug-likeness (QED) is 0.758. The first kappa shape index (κ1) is 14.0. The summed E-state index contributed by atoms with van der Waals surface area (Å²) in [4.78, 5) is 17.7. The molecule has 21 heavy (non-hydrogen) atoms. The molecule has 2 heterocycles. The normalized spacial score (nSPS) is 10.6. The number of thiazole rings is 1. The second kappa shape index (κ2) is 5.79. The lowest BCUT2D eigenvalue weighted by atomic mass is 10.1. The number of anilines is 1. The van der Waals surface area contributed by atoms with E-state index in [1.165, 1.54) is 16.9 Å². The first-order chi connectivity index (χ1) is 10.1. The van der Waals surface area contributed by atoms with E-state index >= 15 is 0 Å². The molecule has 0 saturated heterocycles. The summed E-state index contributed by atoms with van der Waals surface area (Å²) in [5.74, 6) is -0.169. The summed E-state index contributed by atoms with van der Waals surface area (Å²) in [7, 11) is 0. The molecule has 1 N–H and O–H groups in total. The molecule has 3 rings (SSSR count). The standard InChI is InChI=1S/C16H14N2OS2/c1-10-5-6-12(8-11(10)2)17-15(19)13-9-21-16(18-13)14-4-3-7-20-14/h3-9H,1-2H3,(H,17,19). The summed E-state index contributed by atoms with van der Waals surface area (Å²) in [6, 6.07) is 9.88. The van der Waals surface area contributed by atoms with E-state index in [4.69, 9.17) is 0 Å². The number of thiophene rings is 1. The third-order valence-corrected chi connectivity index (χ3v) is 5.11. The lowest BCUT2D eigenvalue weighted by molar-refractivity contribution is 0.102. The summed E-state index contributed by atoms with van der Waals surface area (Å²) in [5.41, 5.74) is 3.63. The molecule has 2 aromatic heterocycles. The molecule has 5 heteroatoms. The summed E-state index contributed by atoms with van der Waals surface area (Å²) in [6.07, 6.45) is 0. The van der Waals surface area contributed by atoms with Crippen LogP contribution in [0.1, 0.15) is 21.6 Å². The van der Waals surface area contributed by atoms with Gasteiger partial charge in [-0.15, -0.1) is 22.7 Å². The SMILES string of the molecule is Cc1ccc(NC(=O)c2csc(-c3cccs3)n2)cc1C. The molecule has 3 aromatic rings. The predicted molar refractivity (Wildman–Crippen MR) is 89.3 cm³/mol. The van der Waals surface area contributed by atoms with Gasteiger partial charge >= 0.3 is 0 Å². The van der Waals surface area contributed by atoms with Gasteiger partial charge < -0.3 is 5.32 Å². The Morgan fingerprint density at radius 1 is 1.14 bits per heavy atom. The number of carbonyl (C=O) groups excluding carboxylic acids is 1. The minimum absolute atomic E-state index is 0.169. The molecule has 1 amide bonds. The zero-order valence-electron chi connectivity index (χ0n) is 11.7. The average Bonchev–Trinajstić information content (AvgIpc) is 3.12. The Morgan fingerprint density at radius 3 is 2.71 bits per heavy atom. The predicted octanol–water partition coefficient (Wildman–Crippen LogP) is 4.74. The van der Waals surface area contributed by atoms with Crippen LogP contribution < -0.4 is 5.32 Å². The highest BCUT2D eigenvalue weighted by molar-refractivity contribution is 7.20. The minimum Gasteiger partial charge on any atom is -0.321 e. The highest BCUT2D eigenvalue weighted by atomic mass is 32.1. The van der Waals surface area contributed by atoms with Gasteiger partial charge in [0.1, 0.15) is 10.7 Å². The smallest absolute Gasteiger partial charge is 0.275 e. The Labute approximate surface area is 131 Å². The molecular formula is C16H14N2OS2. The Balaban J connectivity index is 1.78. The maximum absolute atomic E-state index is 12.2. The molecule has 1 aromatic carbocycles. The molecule has 0 aliphatic heterocycles. The van der Waals surface area contributed by atoms with Gasteiger partial charge in [-0.2, -0.15) is 0 Å². The van der Waals surface area contributed by atoms with Crippen LogP contribution in [-0.4, -0.2) is 10.9 Å². The van der Waals surface area contributed by atoms with Crippen molar-refractivity contribution in [1.29, 1.82) is 0 Å². The fourth-order valence-corrected chi connectivity index (χ4v) is 3.52.